The first-order valence-corrected chi connectivity index (χ1v) is 10.4. The summed E-state index contributed by atoms with van der Waals surface area (Å²) in [6.07, 6.45) is 1.52. The van der Waals surface area contributed by atoms with Crippen LogP contribution in [0.15, 0.2) is 45.2 Å². The summed E-state index contributed by atoms with van der Waals surface area (Å²) >= 11 is 1.01. The number of furan rings is 1. The largest absolute Gasteiger partial charge is 0.467 e. The highest BCUT2D eigenvalue weighted by atomic mass is 32.2. The molecule has 1 atom stereocenters. The summed E-state index contributed by atoms with van der Waals surface area (Å²) < 4.78 is 39.9. The number of thiophene rings is 1. The van der Waals surface area contributed by atoms with Crippen molar-refractivity contribution in [3.05, 3.63) is 57.9 Å². The predicted molar refractivity (Wildman–Crippen MR) is 99.4 cm³/mol. The number of nitrogens with zero attached hydrogens (tertiary/aromatic N) is 2. The zero-order chi connectivity index (χ0) is 19.6. The Balaban J connectivity index is 1.89. The van der Waals surface area contributed by atoms with Crippen molar-refractivity contribution in [2.24, 2.45) is 0 Å². The first-order valence-electron chi connectivity index (χ1n) is 8.05. The molecule has 3 heterocycles. The smallest absolute Gasteiger partial charge is 0.349 e. The van der Waals surface area contributed by atoms with Crippen molar-refractivity contribution in [3.63, 3.8) is 0 Å². The summed E-state index contributed by atoms with van der Waals surface area (Å²) in [5.41, 5.74) is 1.69. The highest BCUT2D eigenvalue weighted by Crippen LogP contribution is 2.25. The molecule has 0 saturated carbocycles. The Labute approximate surface area is 160 Å². The number of hydrogen-bond donors (Lipinski definition) is 1. The molecule has 0 saturated heterocycles. The van der Waals surface area contributed by atoms with Crippen LogP contribution in [0.5, 0.6) is 0 Å². The van der Waals surface area contributed by atoms with Gasteiger partial charge in [-0.05, 0) is 43.5 Å². The fraction of sp³-hybridized carbons (Fsp3) is 0.294. The van der Waals surface area contributed by atoms with E-state index in [4.69, 9.17) is 4.42 Å². The van der Waals surface area contributed by atoms with Crippen LogP contribution in [0.2, 0.25) is 0 Å². The molecule has 0 aromatic carbocycles. The second kappa shape index (κ2) is 7.67. The Hall–Kier alpha value is -2.43. The molecule has 1 unspecified atom stereocenters. The van der Waals surface area contributed by atoms with Crippen LogP contribution in [0.4, 0.5) is 0 Å². The Morgan fingerprint density at radius 2 is 2.19 bits per heavy atom. The molecule has 0 bridgehead atoms. The fourth-order valence-electron chi connectivity index (χ4n) is 2.77. The highest BCUT2D eigenvalue weighted by Gasteiger charge is 2.27. The van der Waals surface area contributed by atoms with E-state index in [1.807, 2.05) is 19.9 Å². The van der Waals surface area contributed by atoms with Gasteiger partial charge in [-0.25, -0.2) is 17.9 Å². The normalized spacial score (nSPS) is 12.9. The molecule has 0 aliphatic heterocycles. The number of carbonyl (C=O) groups excluding carboxylic acids is 1. The average molecular weight is 409 g/mol. The molecule has 144 valence electrons. The van der Waals surface area contributed by atoms with Crippen LogP contribution in [0, 0.1) is 13.8 Å². The number of aryl methyl sites for hydroxylation is 2. The van der Waals surface area contributed by atoms with E-state index in [1.165, 1.54) is 24.8 Å². The van der Waals surface area contributed by atoms with Gasteiger partial charge in [0.15, 0.2) is 0 Å². The number of rotatable bonds is 7. The second-order valence-corrected chi connectivity index (χ2v) is 8.51. The van der Waals surface area contributed by atoms with E-state index in [1.54, 1.807) is 16.8 Å². The van der Waals surface area contributed by atoms with Crippen LogP contribution < -0.4 is 4.72 Å². The van der Waals surface area contributed by atoms with E-state index in [2.05, 4.69) is 14.6 Å². The maximum atomic E-state index is 12.8. The van der Waals surface area contributed by atoms with Gasteiger partial charge in [-0.2, -0.15) is 5.10 Å². The van der Waals surface area contributed by atoms with Crippen LogP contribution in [-0.4, -0.2) is 37.8 Å². The number of ether oxygens (including phenoxy) is 1. The predicted octanol–water partition coefficient (Wildman–Crippen LogP) is 2.51. The molecule has 0 spiro atoms. The minimum absolute atomic E-state index is 0.00820. The molecule has 3 aromatic heterocycles. The van der Waals surface area contributed by atoms with E-state index in [0.717, 1.165) is 22.7 Å². The van der Waals surface area contributed by atoms with Crippen molar-refractivity contribution in [2.45, 2.75) is 24.8 Å². The molecule has 0 radical (unpaired) electrons. The summed E-state index contributed by atoms with van der Waals surface area (Å²) in [4.78, 5) is 11.7. The third-order valence-electron chi connectivity index (χ3n) is 3.97. The molecule has 8 nitrogen and oxygen atoms in total. The first kappa shape index (κ1) is 19.3. The van der Waals surface area contributed by atoms with E-state index >= 15 is 0 Å². The van der Waals surface area contributed by atoms with Gasteiger partial charge in [-0.3, -0.25) is 4.68 Å². The van der Waals surface area contributed by atoms with Crippen molar-refractivity contribution >= 4 is 27.3 Å². The van der Waals surface area contributed by atoms with Crippen molar-refractivity contribution in [2.75, 3.05) is 13.7 Å². The number of sulfonamides is 1. The van der Waals surface area contributed by atoms with Crippen LogP contribution in [0.1, 0.15) is 32.9 Å². The lowest BCUT2D eigenvalue weighted by Crippen LogP contribution is -2.32. The van der Waals surface area contributed by atoms with E-state index < -0.39 is 22.0 Å². The fourth-order valence-corrected chi connectivity index (χ4v) is 5.14. The van der Waals surface area contributed by atoms with Gasteiger partial charge in [-0.1, -0.05) is 0 Å². The standard InChI is InChI=1S/C17H19N3O5S2/c1-11-9-12(2)20(19-11)13(14-5-4-7-25-14)10-18-27(22,23)15-6-8-26-16(15)17(21)24-3/h4-9,13,18H,10H2,1-3H3. The zero-order valence-electron chi connectivity index (χ0n) is 15.0. The molecular weight excluding hydrogens is 390 g/mol. The number of aromatic nitrogens is 2. The number of nitrogens with one attached hydrogen (secondary N) is 1. The summed E-state index contributed by atoms with van der Waals surface area (Å²) in [7, 11) is -2.72. The molecule has 0 amide bonds. The number of hydrogen-bond acceptors (Lipinski definition) is 7. The van der Waals surface area contributed by atoms with Crippen LogP contribution >= 0.6 is 11.3 Å². The van der Waals surface area contributed by atoms with E-state index in [-0.39, 0.29) is 16.3 Å². The molecule has 3 aromatic rings. The van der Waals surface area contributed by atoms with Gasteiger partial charge in [0.25, 0.3) is 0 Å². The average Bonchev–Trinajstić information content (AvgIpc) is 3.36. The quantitative estimate of drug-likeness (QED) is 0.602. The minimum atomic E-state index is -3.93. The lowest BCUT2D eigenvalue weighted by atomic mass is 10.2. The summed E-state index contributed by atoms with van der Waals surface area (Å²) in [5.74, 6) is -0.117. The summed E-state index contributed by atoms with van der Waals surface area (Å²) in [6.45, 7) is 3.76. The lowest BCUT2D eigenvalue weighted by molar-refractivity contribution is 0.0602. The van der Waals surface area contributed by atoms with Crippen molar-refractivity contribution in [1.82, 2.24) is 14.5 Å². The number of carbonyl (C=O) groups is 1. The molecule has 0 fully saturated rings. The Morgan fingerprint density at radius 1 is 1.41 bits per heavy atom. The second-order valence-electron chi connectivity index (χ2n) is 5.86. The van der Waals surface area contributed by atoms with Gasteiger partial charge in [0, 0.05) is 12.2 Å². The van der Waals surface area contributed by atoms with Crippen molar-refractivity contribution in [3.8, 4) is 0 Å². The van der Waals surface area contributed by atoms with Gasteiger partial charge >= 0.3 is 5.97 Å². The van der Waals surface area contributed by atoms with Gasteiger partial charge in [0.1, 0.15) is 21.6 Å². The monoisotopic (exact) mass is 409 g/mol. The SMILES string of the molecule is COC(=O)c1sccc1S(=O)(=O)NCC(c1ccco1)n1nc(C)cc1C. The van der Waals surface area contributed by atoms with E-state index in [9.17, 15) is 13.2 Å². The topological polar surface area (TPSA) is 103 Å². The minimum Gasteiger partial charge on any atom is -0.467 e. The third kappa shape index (κ3) is 3.97. The van der Waals surface area contributed by atoms with Gasteiger partial charge in [-0.15, -0.1) is 11.3 Å². The molecular formula is C17H19N3O5S2. The summed E-state index contributed by atoms with van der Waals surface area (Å²) in [6, 6.07) is 6.31. The Morgan fingerprint density at radius 3 is 2.78 bits per heavy atom. The van der Waals surface area contributed by atoms with Crippen LogP contribution in [0.25, 0.3) is 0 Å². The van der Waals surface area contributed by atoms with Crippen molar-refractivity contribution < 1.29 is 22.4 Å². The first-order chi connectivity index (χ1) is 12.8. The summed E-state index contributed by atoms with van der Waals surface area (Å²) in [5, 5.41) is 5.97. The lowest BCUT2D eigenvalue weighted by Gasteiger charge is -2.18. The van der Waals surface area contributed by atoms with Crippen molar-refractivity contribution in [1.29, 1.82) is 0 Å². The highest BCUT2D eigenvalue weighted by molar-refractivity contribution is 7.89. The molecule has 1 N–H and O–H groups in total. The van der Waals surface area contributed by atoms with Gasteiger partial charge < -0.3 is 9.15 Å². The maximum absolute atomic E-state index is 12.8. The molecule has 0 aliphatic rings. The molecule has 10 heteroatoms. The van der Waals surface area contributed by atoms with Gasteiger partial charge in [0.05, 0.1) is 19.1 Å². The van der Waals surface area contributed by atoms with E-state index in [0.29, 0.717) is 5.76 Å². The Kier molecular flexibility index (Phi) is 5.49. The molecule has 3 rings (SSSR count). The molecule has 27 heavy (non-hydrogen) atoms. The maximum Gasteiger partial charge on any atom is 0.349 e. The molecule has 0 aliphatic carbocycles. The van der Waals surface area contributed by atoms with Crippen LogP contribution in [-0.2, 0) is 14.8 Å². The third-order valence-corrected chi connectivity index (χ3v) is 6.46. The zero-order valence-corrected chi connectivity index (χ0v) is 16.6. The van der Waals surface area contributed by atoms with Crippen LogP contribution in [0.3, 0.4) is 0 Å². The van der Waals surface area contributed by atoms with Gasteiger partial charge in [0.2, 0.25) is 10.0 Å². The Bertz CT molecular complexity index is 1030. The number of esters is 1. The number of methoxy groups -OCH3 is 1.